The molecule has 0 radical (unpaired) electrons. The lowest BCUT2D eigenvalue weighted by atomic mass is 9.85. The highest BCUT2D eigenvalue weighted by Crippen LogP contribution is 2.33. The number of anilines is 1. The molecule has 5 rings (SSSR count). The second-order valence-electron chi connectivity index (χ2n) is 9.56. The fraction of sp³-hybridized carbons (Fsp3) is 0.462. The van der Waals surface area contributed by atoms with Gasteiger partial charge in [-0.1, -0.05) is 6.07 Å². The first-order chi connectivity index (χ1) is 17.4. The van der Waals surface area contributed by atoms with Gasteiger partial charge < -0.3 is 29.7 Å². The van der Waals surface area contributed by atoms with E-state index in [0.29, 0.717) is 54.3 Å². The minimum Gasteiger partial charge on any atom is -0.496 e. The Balaban J connectivity index is 1.28. The number of benzene rings is 1. The molecule has 1 saturated carbocycles. The van der Waals surface area contributed by atoms with E-state index in [1.807, 2.05) is 17.0 Å². The Bertz CT molecular complexity index is 1260. The lowest BCUT2D eigenvalue weighted by molar-refractivity contribution is -0.138. The van der Waals surface area contributed by atoms with E-state index < -0.39 is 5.97 Å². The molecule has 2 fully saturated rings. The summed E-state index contributed by atoms with van der Waals surface area (Å²) in [6.45, 7) is 1.28. The largest absolute Gasteiger partial charge is 0.496 e. The van der Waals surface area contributed by atoms with E-state index in [4.69, 9.17) is 4.74 Å². The number of methoxy groups -OCH3 is 1. The number of carboxylic acids is 1. The van der Waals surface area contributed by atoms with Crippen LogP contribution in [0.5, 0.6) is 5.75 Å². The van der Waals surface area contributed by atoms with Crippen molar-refractivity contribution in [3.63, 3.8) is 0 Å². The SMILES string of the molecule is COc1cccc2c1c(C(=O)O)cn2-c1ccnc(NC2CCC(C(=O)N3CCC(O)CC3)CC2)n1. The van der Waals surface area contributed by atoms with Crippen LogP contribution in [0.4, 0.5) is 5.95 Å². The van der Waals surface area contributed by atoms with Crippen LogP contribution in [0.2, 0.25) is 0 Å². The van der Waals surface area contributed by atoms with Gasteiger partial charge in [0.2, 0.25) is 11.9 Å². The van der Waals surface area contributed by atoms with E-state index in [1.165, 1.54) is 7.11 Å². The quantitative estimate of drug-likeness (QED) is 0.478. The second kappa shape index (κ2) is 10.1. The zero-order valence-corrected chi connectivity index (χ0v) is 20.3. The van der Waals surface area contributed by atoms with E-state index in [2.05, 4.69) is 15.3 Å². The van der Waals surface area contributed by atoms with Crippen LogP contribution >= 0.6 is 0 Å². The number of nitrogens with zero attached hydrogens (tertiary/aromatic N) is 4. The van der Waals surface area contributed by atoms with Crippen LogP contribution in [0.3, 0.4) is 0 Å². The average molecular weight is 494 g/mol. The molecule has 1 aliphatic carbocycles. The first-order valence-corrected chi connectivity index (χ1v) is 12.4. The Morgan fingerprint density at radius 2 is 1.83 bits per heavy atom. The Labute approximate surface area is 208 Å². The number of carboxylic acid groups (broad SMARTS) is 1. The summed E-state index contributed by atoms with van der Waals surface area (Å²) in [5.74, 6) is 0.707. The van der Waals surface area contributed by atoms with E-state index in [0.717, 1.165) is 25.7 Å². The zero-order chi connectivity index (χ0) is 25.2. The average Bonchev–Trinajstić information content (AvgIpc) is 3.30. The van der Waals surface area contributed by atoms with Crippen molar-refractivity contribution in [3.05, 3.63) is 42.2 Å². The number of amides is 1. The third-order valence-corrected chi connectivity index (χ3v) is 7.32. The molecule has 2 aliphatic rings. The minimum atomic E-state index is -1.04. The molecule has 1 aromatic carbocycles. The van der Waals surface area contributed by atoms with Gasteiger partial charge in [0.05, 0.1) is 29.7 Å². The van der Waals surface area contributed by atoms with Crippen molar-refractivity contribution in [3.8, 4) is 11.6 Å². The molecule has 10 heteroatoms. The molecule has 3 aromatic rings. The van der Waals surface area contributed by atoms with Gasteiger partial charge in [-0.05, 0) is 56.7 Å². The van der Waals surface area contributed by atoms with Crippen LogP contribution in [-0.4, -0.2) is 73.9 Å². The van der Waals surface area contributed by atoms with Crippen LogP contribution < -0.4 is 10.1 Å². The zero-order valence-electron chi connectivity index (χ0n) is 20.3. The Morgan fingerprint density at radius 1 is 1.08 bits per heavy atom. The van der Waals surface area contributed by atoms with E-state index >= 15 is 0 Å². The number of likely N-dealkylation sites (tertiary alicyclic amines) is 1. The number of piperidine rings is 1. The highest BCUT2D eigenvalue weighted by molar-refractivity contribution is 6.06. The van der Waals surface area contributed by atoms with Crippen LogP contribution in [0.1, 0.15) is 48.9 Å². The first kappa shape index (κ1) is 24.1. The highest BCUT2D eigenvalue weighted by Gasteiger charge is 2.31. The summed E-state index contributed by atoms with van der Waals surface area (Å²) in [6, 6.07) is 7.28. The summed E-state index contributed by atoms with van der Waals surface area (Å²) in [5.41, 5.74) is 0.822. The third kappa shape index (κ3) is 4.73. The second-order valence-corrected chi connectivity index (χ2v) is 9.56. The van der Waals surface area contributed by atoms with Crippen LogP contribution in [-0.2, 0) is 4.79 Å². The molecule has 1 aliphatic heterocycles. The van der Waals surface area contributed by atoms with Crippen molar-refractivity contribution in [2.75, 3.05) is 25.5 Å². The molecule has 10 nitrogen and oxygen atoms in total. The highest BCUT2D eigenvalue weighted by atomic mass is 16.5. The molecule has 0 unspecified atom stereocenters. The van der Waals surface area contributed by atoms with Gasteiger partial charge in [-0.15, -0.1) is 0 Å². The number of rotatable bonds is 6. The third-order valence-electron chi connectivity index (χ3n) is 7.32. The van der Waals surface area contributed by atoms with Crippen LogP contribution in [0.15, 0.2) is 36.7 Å². The summed E-state index contributed by atoms with van der Waals surface area (Å²) in [4.78, 5) is 35.7. The number of nitrogens with one attached hydrogen (secondary N) is 1. The molecule has 2 aromatic heterocycles. The molecule has 1 amide bonds. The lowest BCUT2D eigenvalue weighted by Crippen LogP contribution is -2.44. The topological polar surface area (TPSA) is 130 Å². The maximum absolute atomic E-state index is 12.9. The predicted octanol–water partition coefficient (Wildman–Crippen LogP) is 3.08. The van der Waals surface area contributed by atoms with E-state index in [1.54, 1.807) is 29.1 Å². The standard InChI is InChI=1S/C26H31N5O5/c1-36-21-4-2-3-20-23(21)19(25(34)35)15-31(20)22-9-12-27-26(29-22)28-17-7-5-16(6-8-17)24(33)30-13-10-18(32)11-14-30/h2-4,9,12,15-18,32H,5-8,10-11,13-14H2,1H3,(H,34,35)(H,27,28,29). The van der Waals surface area contributed by atoms with Crippen molar-refractivity contribution in [1.29, 1.82) is 0 Å². The van der Waals surface area contributed by atoms with Crippen molar-refractivity contribution < 1.29 is 24.5 Å². The maximum Gasteiger partial charge on any atom is 0.338 e. The smallest absolute Gasteiger partial charge is 0.338 e. The van der Waals surface area contributed by atoms with Gasteiger partial charge in [0.15, 0.2) is 0 Å². The number of hydrogen-bond donors (Lipinski definition) is 3. The molecule has 3 N–H and O–H groups in total. The number of fused-ring (bicyclic) bond motifs is 1. The monoisotopic (exact) mass is 493 g/mol. The number of aliphatic hydroxyl groups is 1. The van der Waals surface area contributed by atoms with Gasteiger partial charge in [0.25, 0.3) is 0 Å². The fourth-order valence-corrected chi connectivity index (χ4v) is 5.34. The maximum atomic E-state index is 12.9. The normalized spacial score (nSPS) is 20.9. The van der Waals surface area contributed by atoms with E-state index in [-0.39, 0.29) is 29.5 Å². The number of ether oxygens (including phenoxy) is 1. The molecular weight excluding hydrogens is 462 g/mol. The van der Waals surface area contributed by atoms with Gasteiger partial charge in [-0.2, -0.15) is 4.98 Å². The Hall–Kier alpha value is -3.66. The number of carbonyl (C=O) groups is 2. The molecule has 0 spiro atoms. The summed E-state index contributed by atoms with van der Waals surface area (Å²) < 4.78 is 7.14. The van der Waals surface area contributed by atoms with Crippen molar-refractivity contribution >= 4 is 28.7 Å². The number of hydrogen-bond acceptors (Lipinski definition) is 7. The molecule has 36 heavy (non-hydrogen) atoms. The van der Waals surface area contributed by atoms with Crippen molar-refractivity contribution in [2.24, 2.45) is 5.92 Å². The molecule has 0 atom stereocenters. The summed E-state index contributed by atoms with van der Waals surface area (Å²) >= 11 is 0. The van der Waals surface area contributed by atoms with Crippen molar-refractivity contribution in [1.82, 2.24) is 19.4 Å². The number of aromatic carboxylic acids is 1. The fourth-order valence-electron chi connectivity index (χ4n) is 5.34. The Morgan fingerprint density at radius 3 is 2.53 bits per heavy atom. The molecular formula is C26H31N5O5. The molecule has 3 heterocycles. The molecule has 0 bridgehead atoms. The van der Waals surface area contributed by atoms with Gasteiger partial charge in [0, 0.05) is 37.4 Å². The van der Waals surface area contributed by atoms with E-state index in [9.17, 15) is 19.8 Å². The van der Waals surface area contributed by atoms with Crippen LogP contribution in [0.25, 0.3) is 16.7 Å². The lowest BCUT2D eigenvalue weighted by Gasteiger charge is -2.35. The van der Waals surface area contributed by atoms with Crippen molar-refractivity contribution in [2.45, 2.75) is 50.7 Å². The summed E-state index contributed by atoms with van der Waals surface area (Å²) in [7, 11) is 1.52. The van der Waals surface area contributed by atoms with Gasteiger partial charge in [0.1, 0.15) is 11.6 Å². The Kier molecular flexibility index (Phi) is 6.77. The first-order valence-electron chi connectivity index (χ1n) is 12.4. The van der Waals surface area contributed by atoms with Gasteiger partial charge in [-0.25, -0.2) is 9.78 Å². The molecule has 190 valence electrons. The van der Waals surface area contributed by atoms with Crippen LogP contribution in [0, 0.1) is 5.92 Å². The minimum absolute atomic E-state index is 0.0289. The summed E-state index contributed by atoms with van der Waals surface area (Å²) in [6.07, 6.45) is 7.53. The number of aliphatic hydroxyl groups excluding tert-OH is 1. The summed E-state index contributed by atoms with van der Waals surface area (Å²) in [5, 5.41) is 23.4. The van der Waals surface area contributed by atoms with Gasteiger partial charge in [-0.3, -0.25) is 4.79 Å². The number of carbonyl (C=O) groups excluding carboxylic acids is 1. The number of aromatic nitrogens is 3. The van der Waals surface area contributed by atoms with Gasteiger partial charge >= 0.3 is 5.97 Å². The predicted molar refractivity (Wildman–Crippen MR) is 134 cm³/mol. The molecule has 1 saturated heterocycles.